The Bertz CT molecular complexity index is 343. The van der Waals surface area contributed by atoms with E-state index in [-0.39, 0.29) is 5.56 Å². The number of hydrogen-bond donors (Lipinski definition) is 1. The molecule has 1 aromatic carbocycles. The first kappa shape index (κ1) is 10.5. The molecule has 0 aliphatic heterocycles. The Balaban J connectivity index is 3.08. The highest BCUT2D eigenvalue weighted by Crippen LogP contribution is 2.25. The fraction of sp³-hybridized carbons (Fsp3) is 0.125. The second-order valence-corrected chi connectivity index (χ2v) is 3.72. The van der Waals surface area contributed by atoms with Crippen molar-refractivity contribution < 1.29 is 14.3 Å². The molecule has 1 aromatic rings. The topological polar surface area (TPSA) is 37.3 Å². The predicted molar refractivity (Wildman–Crippen MR) is 50.3 cm³/mol. The summed E-state index contributed by atoms with van der Waals surface area (Å²) >= 11 is 8.50. The first-order valence-corrected chi connectivity index (χ1v) is 4.57. The third-order valence-electron chi connectivity index (χ3n) is 1.45. The van der Waals surface area contributed by atoms with Crippen LogP contribution in [0.3, 0.4) is 0 Å². The number of hydrogen-bond acceptors (Lipinski definition) is 1. The van der Waals surface area contributed by atoms with E-state index in [2.05, 4.69) is 15.9 Å². The van der Waals surface area contributed by atoms with Crippen LogP contribution >= 0.6 is 27.5 Å². The number of alkyl halides is 1. The highest BCUT2D eigenvalue weighted by Gasteiger charge is 2.19. The Labute approximate surface area is 87.5 Å². The van der Waals surface area contributed by atoms with Crippen LogP contribution in [0.5, 0.6) is 0 Å². The maximum absolute atomic E-state index is 13.1. The van der Waals surface area contributed by atoms with Crippen molar-refractivity contribution in [3.8, 4) is 0 Å². The first-order valence-electron chi connectivity index (χ1n) is 3.34. The molecular weight excluding hydrogens is 262 g/mol. The van der Waals surface area contributed by atoms with Crippen LogP contribution in [0.2, 0.25) is 0 Å². The number of carboxylic acids is 1. The van der Waals surface area contributed by atoms with Crippen LogP contribution in [0, 0.1) is 5.82 Å². The van der Waals surface area contributed by atoms with Gasteiger partial charge in [0.05, 0.1) is 0 Å². The third-order valence-corrected chi connectivity index (χ3v) is 2.37. The van der Waals surface area contributed by atoms with Gasteiger partial charge in [-0.05, 0) is 12.1 Å². The van der Waals surface area contributed by atoms with Crippen molar-refractivity contribution in [1.82, 2.24) is 0 Å². The molecule has 0 aliphatic carbocycles. The minimum atomic E-state index is -1.34. The maximum atomic E-state index is 13.1. The van der Waals surface area contributed by atoms with Crippen LogP contribution in [0.1, 0.15) is 10.9 Å². The van der Waals surface area contributed by atoms with Crippen molar-refractivity contribution in [2.75, 3.05) is 0 Å². The Morgan fingerprint density at radius 2 is 2.23 bits per heavy atom. The third kappa shape index (κ3) is 2.42. The van der Waals surface area contributed by atoms with E-state index < -0.39 is 17.2 Å². The summed E-state index contributed by atoms with van der Waals surface area (Å²) in [4.78, 5) is 10.4. The molecule has 0 bridgehead atoms. The molecular formula is C8H5BrClFO2. The lowest BCUT2D eigenvalue weighted by Crippen LogP contribution is -2.06. The first-order chi connectivity index (χ1) is 6.02. The van der Waals surface area contributed by atoms with Gasteiger partial charge < -0.3 is 5.11 Å². The van der Waals surface area contributed by atoms with Crippen LogP contribution in [-0.4, -0.2) is 11.1 Å². The molecule has 0 fully saturated rings. The maximum Gasteiger partial charge on any atom is 0.326 e. The normalized spacial score (nSPS) is 12.5. The van der Waals surface area contributed by atoms with Gasteiger partial charge in [-0.15, -0.1) is 11.6 Å². The van der Waals surface area contributed by atoms with E-state index >= 15 is 0 Å². The summed E-state index contributed by atoms with van der Waals surface area (Å²) in [5, 5.41) is 7.18. The standard InChI is InChI=1S/C8H5BrClFO2/c9-4-1-2-5(6(11)3-4)7(10)8(12)13/h1-3,7H,(H,12,13). The predicted octanol–water partition coefficient (Wildman–Crippen LogP) is 2.95. The lowest BCUT2D eigenvalue weighted by molar-refractivity contribution is -0.136. The number of carbonyl (C=O) groups is 1. The van der Waals surface area contributed by atoms with Crippen LogP contribution in [-0.2, 0) is 4.79 Å². The highest BCUT2D eigenvalue weighted by molar-refractivity contribution is 9.10. The van der Waals surface area contributed by atoms with Crippen molar-refractivity contribution in [2.24, 2.45) is 0 Å². The van der Waals surface area contributed by atoms with E-state index in [1.165, 1.54) is 18.2 Å². The second-order valence-electron chi connectivity index (χ2n) is 2.37. The minimum Gasteiger partial charge on any atom is -0.480 e. The fourth-order valence-electron chi connectivity index (χ4n) is 0.840. The van der Waals surface area contributed by atoms with Gasteiger partial charge in [-0.3, -0.25) is 4.79 Å². The summed E-state index contributed by atoms with van der Waals surface area (Å²) in [7, 11) is 0. The minimum absolute atomic E-state index is 0.0302. The van der Waals surface area contributed by atoms with Crippen LogP contribution < -0.4 is 0 Å². The number of carboxylic acid groups (broad SMARTS) is 1. The summed E-state index contributed by atoms with van der Waals surface area (Å²) in [6.07, 6.45) is 0. The molecule has 13 heavy (non-hydrogen) atoms. The van der Waals surface area contributed by atoms with E-state index in [4.69, 9.17) is 16.7 Å². The molecule has 1 unspecified atom stereocenters. The quantitative estimate of drug-likeness (QED) is 0.837. The summed E-state index contributed by atoms with van der Waals surface area (Å²) in [6, 6.07) is 4.05. The summed E-state index contributed by atoms with van der Waals surface area (Å²) in [5.41, 5.74) is -0.0302. The monoisotopic (exact) mass is 266 g/mol. The fourth-order valence-corrected chi connectivity index (χ4v) is 1.35. The second kappa shape index (κ2) is 4.07. The van der Waals surface area contributed by atoms with Crippen molar-refractivity contribution in [3.63, 3.8) is 0 Å². The largest absolute Gasteiger partial charge is 0.480 e. The molecule has 0 saturated carbocycles. The molecule has 0 amide bonds. The Hall–Kier alpha value is -0.610. The van der Waals surface area contributed by atoms with Crippen molar-refractivity contribution in [2.45, 2.75) is 5.38 Å². The average molecular weight is 267 g/mol. The molecule has 0 spiro atoms. The van der Waals surface area contributed by atoms with Gasteiger partial charge >= 0.3 is 5.97 Å². The molecule has 1 N–H and O–H groups in total. The van der Waals surface area contributed by atoms with Gasteiger partial charge in [-0.2, -0.15) is 0 Å². The van der Waals surface area contributed by atoms with E-state index in [0.717, 1.165) is 0 Å². The van der Waals surface area contributed by atoms with E-state index in [1.807, 2.05) is 0 Å². The van der Waals surface area contributed by atoms with E-state index in [1.54, 1.807) is 0 Å². The Kier molecular flexibility index (Phi) is 3.27. The van der Waals surface area contributed by atoms with Gasteiger partial charge in [-0.25, -0.2) is 4.39 Å². The van der Waals surface area contributed by atoms with Crippen LogP contribution in [0.15, 0.2) is 22.7 Å². The molecule has 0 aliphatic rings. The number of benzene rings is 1. The number of aliphatic carboxylic acids is 1. The number of halogens is 3. The molecule has 5 heteroatoms. The van der Waals surface area contributed by atoms with Gasteiger partial charge in [0.25, 0.3) is 0 Å². The summed E-state index contributed by atoms with van der Waals surface area (Å²) in [6.45, 7) is 0. The van der Waals surface area contributed by atoms with Gasteiger partial charge in [0.1, 0.15) is 5.82 Å². The highest BCUT2D eigenvalue weighted by atomic mass is 79.9. The van der Waals surface area contributed by atoms with Gasteiger partial charge in [-0.1, -0.05) is 22.0 Å². The molecule has 2 nitrogen and oxygen atoms in total. The smallest absolute Gasteiger partial charge is 0.326 e. The SMILES string of the molecule is O=C(O)C(Cl)c1ccc(Br)cc1F. The van der Waals surface area contributed by atoms with Crippen molar-refractivity contribution >= 4 is 33.5 Å². The van der Waals surface area contributed by atoms with Crippen molar-refractivity contribution in [1.29, 1.82) is 0 Å². The molecule has 70 valence electrons. The summed E-state index contributed by atoms with van der Waals surface area (Å²) in [5.74, 6) is -1.89. The van der Waals surface area contributed by atoms with Crippen LogP contribution in [0.4, 0.5) is 4.39 Å². The average Bonchev–Trinajstić information content (AvgIpc) is 2.03. The van der Waals surface area contributed by atoms with Crippen molar-refractivity contribution in [3.05, 3.63) is 34.1 Å². The zero-order valence-corrected chi connectivity index (χ0v) is 8.64. The van der Waals surface area contributed by atoms with Gasteiger partial charge in [0.15, 0.2) is 5.38 Å². The summed E-state index contributed by atoms with van der Waals surface area (Å²) < 4.78 is 13.6. The zero-order chi connectivity index (χ0) is 10.0. The molecule has 0 saturated heterocycles. The van der Waals surface area contributed by atoms with E-state index in [0.29, 0.717) is 4.47 Å². The molecule has 0 heterocycles. The Morgan fingerprint density at radius 1 is 1.62 bits per heavy atom. The van der Waals surface area contributed by atoms with Gasteiger partial charge in [0, 0.05) is 10.0 Å². The van der Waals surface area contributed by atoms with E-state index in [9.17, 15) is 9.18 Å². The molecule has 1 rings (SSSR count). The van der Waals surface area contributed by atoms with Crippen LogP contribution in [0.25, 0.3) is 0 Å². The molecule has 0 aromatic heterocycles. The lowest BCUT2D eigenvalue weighted by atomic mass is 10.1. The zero-order valence-electron chi connectivity index (χ0n) is 6.30. The van der Waals surface area contributed by atoms with Gasteiger partial charge in [0.2, 0.25) is 0 Å². The molecule has 0 radical (unpaired) electrons. The lowest BCUT2D eigenvalue weighted by Gasteiger charge is -2.05. The number of rotatable bonds is 2. The molecule has 1 atom stereocenters. The Morgan fingerprint density at radius 3 is 2.69 bits per heavy atom.